The minimum Gasteiger partial charge on any atom is -0.383 e. The van der Waals surface area contributed by atoms with Crippen molar-refractivity contribution >= 4 is 21.6 Å². The van der Waals surface area contributed by atoms with Gasteiger partial charge in [-0.15, -0.1) is 0 Å². The first-order chi connectivity index (χ1) is 9.97. The topological polar surface area (TPSA) is 123 Å². The molecule has 0 aromatic carbocycles. The molecule has 4 N–H and O–H groups in total. The second-order valence-corrected chi connectivity index (χ2v) is 5.88. The van der Waals surface area contributed by atoms with Crippen molar-refractivity contribution in [1.82, 2.24) is 9.71 Å². The van der Waals surface area contributed by atoms with E-state index in [1.54, 1.807) is 12.1 Å². The molecule has 0 atom stereocenters. The molecule has 0 aliphatic heterocycles. The second kappa shape index (κ2) is 8.55. The molecule has 8 nitrogen and oxygen atoms in total. The predicted molar refractivity (Wildman–Crippen MR) is 78.2 cm³/mol. The molecule has 0 spiro atoms. The summed E-state index contributed by atoms with van der Waals surface area (Å²) < 4.78 is 31.5. The van der Waals surface area contributed by atoms with Crippen LogP contribution in [-0.2, 0) is 19.6 Å². The summed E-state index contributed by atoms with van der Waals surface area (Å²) in [6.45, 7) is 2.46. The first-order valence-electron chi connectivity index (χ1n) is 6.52. The van der Waals surface area contributed by atoms with Gasteiger partial charge in [-0.2, -0.15) is 0 Å². The van der Waals surface area contributed by atoms with Gasteiger partial charge in [0, 0.05) is 19.3 Å². The van der Waals surface area contributed by atoms with Crippen LogP contribution in [0, 0.1) is 0 Å². The number of rotatable bonds is 10. The van der Waals surface area contributed by atoms with Gasteiger partial charge in [-0.25, -0.2) is 18.1 Å². The average molecular weight is 316 g/mol. The normalized spacial score (nSPS) is 11.3. The van der Waals surface area contributed by atoms with E-state index in [1.807, 2.05) is 6.92 Å². The first-order valence-corrected chi connectivity index (χ1v) is 8.00. The second-order valence-electron chi connectivity index (χ2n) is 4.20. The fourth-order valence-electron chi connectivity index (χ4n) is 1.49. The zero-order chi connectivity index (χ0) is 15.7. The number of nitrogens with one attached hydrogen (secondary N) is 2. The molecule has 1 aromatic heterocycles. The van der Waals surface area contributed by atoms with Crippen molar-refractivity contribution < 1.29 is 17.9 Å². The van der Waals surface area contributed by atoms with Crippen molar-refractivity contribution in [3.05, 3.63) is 18.3 Å². The zero-order valence-corrected chi connectivity index (χ0v) is 12.6. The van der Waals surface area contributed by atoms with Crippen LogP contribution in [0.5, 0.6) is 0 Å². The number of nitrogens with two attached hydrogens (primary N) is 1. The Balaban J connectivity index is 2.63. The fourth-order valence-corrected chi connectivity index (χ4v) is 2.61. The van der Waals surface area contributed by atoms with Crippen molar-refractivity contribution in [2.75, 3.05) is 31.6 Å². The monoisotopic (exact) mass is 316 g/mol. The molecule has 21 heavy (non-hydrogen) atoms. The highest BCUT2D eigenvalue weighted by molar-refractivity contribution is 7.89. The van der Waals surface area contributed by atoms with E-state index in [-0.39, 0.29) is 24.8 Å². The number of carbonyl (C=O) groups is 1. The van der Waals surface area contributed by atoms with Gasteiger partial charge in [0.1, 0.15) is 6.61 Å². The molecule has 0 saturated heterocycles. The molecule has 0 fully saturated rings. The quantitative estimate of drug-likeness (QED) is 0.508. The van der Waals surface area contributed by atoms with Crippen LogP contribution in [0.4, 0.5) is 5.69 Å². The molecule has 1 aromatic rings. The number of amides is 1. The average Bonchev–Trinajstić information content (AvgIpc) is 2.44. The SMILES string of the molecule is CCCNc1cccnc1S(=O)(=O)NCCOCC(N)=O. The van der Waals surface area contributed by atoms with E-state index in [1.165, 1.54) is 6.20 Å². The van der Waals surface area contributed by atoms with E-state index in [4.69, 9.17) is 10.5 Å². The fraction of sp³-hybridized carbons (Fsp3) is 0.500. The molecule has 1 heterocycles. The Bertz CT molecular complexity index is 562. The minimum atomic E-state index is -3.74. The maximum absolute atomic E-state index is 12.2. The lowest BCUT2D eigenvalue weighted by atomic mass is 10.4. The highest BCUT2D eigenvalue weighted by Crippen LogP contribution is 2.17. The van der Waals surface area contributed by atoms with Crippen LogP contribution in [0.25, 0.3) is 0 Å². The summed E-state index contributed by atoms with van der Waals surface area (Å²) in [4.78, 5) is 14.4. The molecule has 0 bridgehead atoms. The largest absolute Gasteiger partial charge is 0.383 e. The van der Waals surface area contributed by atoms with Crippen molar-refractivity contribution in [1.29, 1.82) is 0 Å². The summed E-state index contributed by atoms with van der Waals surface area (Å²) in [6, 6.07) is 3.31. The van der Waals surface area contributed by atoms with Crippen LogP contribution in [0.3, 0.4) is 0 Å². The Labute approximate surface area is 124 Å². The Kier molecular flexibility index (Phi) is 7.06. The van der Waals surface area contributed by atoms with E-state index >= 15 is 0 Å². The summed E-state index contributed by atoms with van der Waals surface area (Å²) in [5.74, 6) is -0.603. The van der Waals surface area contributed by atoms with Crippen molar-refractivity contribution in [2.45, 2.75) is 18.4 Å². The lowest BCUT2D eigenvalue weighted by Gasteiger charge is -2.11. The van der Waals surface area contributed by atoms with Crippen molar-refractivity contribution in [3.8, 4) is 0 Å². The van der Waals surface area contributed by atoms with E-state index in [2.05, 4.69) is 15.0 Å². The number of pyridine rings is 1. The van der Waals surface area contributed by atoms with Gasteiger partial charge in [-0.1, -0.05) is 6.92 Å². The number of sulfonamides is 1. The predicted octanol–water partition coefficient (Wildman–Crippen LogP) is -0.316. The van der Waals surface area contributed by atoms with Crippen LogP contribution < -0.4 is 15.8 Å². The Morgan fingerprint density at radius 1 is 1.43 bits per heavy atom. The summed E-state index contributed by atoms with van der Waals surface area (Å²) in [7, 11) is -3.74. The van der Waals surface area contributed by atoms with Gasteiger partial charge in [0.2, 0.25) is 5.91 Å². The number of anilines is 1. The number of hydrogen-bond acceptors (Lipinski definition) is 6. The number of ether oxygens (including phenoxy) is 1. The summed E-state index contributed by atoms with van der Waals surface area (Å²) in [5, 5.41) is 2.95. The maximum atomic E-state index is 12.2. The molecule has 0 saturated carbocycles. The van der Waals surface area contributed by atoms with Crippen LogP contribution in [0.1, 0.15) is 13.3 Å². The highest BCUT2D eigenvalue weighted by Gasteiger charge is 2.19. The zero-order valence-electron chi connectivity index (χ0n) is 11.8. The van der Waals surface area contributed by atoms with E-state index < -0.39 is 15.9 Å². The summed E-state index contributed by atoms with van der Waals surface area (Å²) in [6.07, 6.45) is 2.28. The number of nitrogens with zero attached hydrogens (tertiary/aromatic N) is 1. The van der Waals surface area contributed by atoms with Crippen molar-refractivity contribution in [3.63, 3.8) is 0 Å². The van der Waals surface area contributed by atoms with Gasteiger partial charge >= 0.3 is 0 Å². The molecule has 1 rings (SSSR count). The Hall–Kier alpha value is -1.71. The number of aromatic nitrogens is 1. The number of primary amides is 1. The molecular weight excluding hydrogens is 296 g/mol. The standard InChI is InChI=1S/C12H20N4O4S/c1-2-5-14-10-4-3-6-15-12(10)21(18,19)16-7-8-20-9-11(13)17/h3-4,6,14,16H,2,5,7-9H2,1H3,(H2,13,17). The minimum absolute atomic E-state index is 0.0272. The molecule has 9 heteroatoms. The molecular formula is C12H20N4O4S. The van der Waals surface area contributed by atoms with E-state index in [0.29, 0.717) is 12.2 Å². The Morgan fingerprint density at radius 2 is 2.19 bits per heavy atom. The summed E-state index contributed by atoms with van der Waals surface area (Å²) >= 11 is 0. The lowest BCUT2D eigenvalue weighted by molar-refractivity contribution is -0.122. The van der Waals surface area contributed by atoms with Gasteiger partial charge in [0.25, 0.3) is 10.0 Å². The van der Waals surface area contributed by atoms with E-state index in [0.717, 1.165) is 6.42 Å². The first kappa shape index (κ1) is 17.3. The van der Waals surface area contributed by atoms with Gasteiger partial charge < -0.3 is 15.8 Å². The highest BCUT2D eigenvalue weighted by atomic mass is 32.2. The third-order valence-electron chi connectivity index (χ3n) is 2.37. The van der Waals surface area contributed by atoms with Gasteiger partial charge in [0.05, 0.1) is 12.3 Å². The van der Waals surface area contributed by atoms with Gasteiger partial charge in [-0.3, -0.25) is 4.79 Å². The molecule has 0 unspecified atom stereocenters. The molecule has 0 radical (unpaired) electrons. The Morgan fingerprint density at radius 3 is 2.86 bits per heavy atom. The molecule has 1 amide bonds. The third kappa shape index (κ3) is 6.06. The van der Waals surface area contributed by atoms with Gasteiger partial charge in [0.15, 0.2) is 5.03 Å². The maximum Gasteiger partial charge on any atom is 0.260 e. The van der Waals surface area contributed by atoms with Crippen LogP contribution in [-0.4, -0.2) is 45.6 Å². The van der Waals surface area contributed by atoms with Crippen LogP contribution in [0.15, 0.2) is 23.4 Å². The lowest BCUT2D eigenvalue weighted by Crippen LogP contribution is -2.30. The third-order valence-corrected chi connectivity index (χ3v) is 3.79. The van der Waals surface area contributed by atoms with E-state index in [9.17, 15) is 13.2 Å². The smallest absolute Gasteiger partial charge is 0.260 e. The van der Waals surface area contributed by atoms with Gasteiger partial charge in [-0.05, 0) is 18.6 Å². The number of carbonyl (C=O) groups excluding carboxylic acids is 1. The molecule has 118 valence electrons. The van der Waals surface area contributed by atoms with Crippen LogP contribution >= 0.6 is 0 Å². The van der Waals surface area contributed by atoms with Crippen molar-refractivity contribution in [2.24, 2.45) is 5.73 Å². The van der Waals surface area contributed by atoms with Crippen LogP contribution in [0.2, 0.25) is 0 Å². The molecule has 0 aliphatic carbocycles. The summed E-state index contributed by atoms with van der Waals surface area (Å²) in [5.41, 5.74) is 5.35. The number of hydrogen-bond donors (Lipinski definition) is 3. The molecule has 0 aliphatic rings.